The van der Waals surface area contributed by atoms with Gasteiger partial charge in [-0.1, -0.05) is 30.3 Å². The van der Waals surface area contributed by atoms with Gasteiger partial charge < -0.3 is 4.90 Å². The van der Waals surface area contributed by atoms with Gasteiger partial charge in [-0.05, 0) is 0 Å². The maximum absolute atomic E-state index is 12.6. The van der Waals surface area contributed by atoms with Crippen LogP contribution in [0.3, 0.4) is 0 Å². The van der Waals surface area contributed by atoms with Crippen molar-refractivity contribution in [3.63, 3.8) is 0 Å². The molecule has 2 aromatic rings. The lowest BCUT2D eigenvalue weighted by Crippen LogP contribution is -2.16. The highest BCUT2D eigenvalue weighted by atomic mass is 19.4. The predicted molar refractivity (Wildman–Crippen MR) is 73.8 cm³/mol. The van der Waals surface area contributed by atoms with E-state index in [-0.39, 0.29) is 5.70 Å². The maximum Gasteiger partial charge on any atom is 0.453 e. The zero-order chi connectivity index (χ0) is 16.3. The number of nitrogens with zero attached hydrogens (tertiary/aromatic N) is 4. The third kappa shape index (κ3) is 3.51. The number of Topliss-reactive ketones (excluding diaryl/α,β-unsaturated/α-hetero) is 1. The van der Waals surface area contributed by atoms with Gasteiger partial charge in [0.05, 0.1) is 0 Å². The van der Waals surface area contributed by atoms with Gasteiger partial charge in [0.15, 0.2) is 0 Å². The van der Waals surface area contributed by atoms with E-state index in [0.717, 1.165) is 11.0 Å². The van der Waals surface area contributed by atoms with Crippen molar-refractivity contribution in [1.82, 2.24) is 19.7 Å². The average Bonchev–Trinajstić information content (AvgIpc) is 2.94. The number of allylic oxidation sites excluding steroid dienone is 1. The van der Waals surface area contributed by atoms with Gasteiger partial charge in [0, 0.05) is 25.9 Å². The minimum absolute atomic E-state index is 0.0285. The van der Waals surface area contributed by atoms with Crippen LogP contribution in [0.5, 0.6) is 0 Å². The second kappa shape index (κ2) is 6.00. The molecule has 0 spiro atoms. The first-order chi connectivity index (χ1) is 10.3. The van der Waals surface area contributed by atoms with Crippen molar-refractivity contribution in [2.45, 2.75) is 6.18 Å². The minimum atomic E-state index is -4.66. The van der Waals surface area contributed by atoms with Crippen LogP contribution in [-0.4, -0.2) is 39.5 Å². The molecule has 1 aromatic heterocycles. The van der Waals surface area contributed by atoms with Crippen molar-refractivity contribution in [1.29, 1.82) is 0 Å². The SMILES string of the molecule is CN(C)/C=C(/C(=O)c1ccccc1)n1cnc(C(F)(F)F)n1. The van der Waals surface area contributed by atoms with Crippen LogP contribution in [0.4, 0.5) is 13.2 Å². The van der Waals surface area contributed by atoms with E-state index < -0.39 is 17.8 Å². The van der Waals surface area contributed by atoms with Gasteiger partial charge in [0.1, 0.15) is 12.0 Å². The highest BCUT2D eigenvalue weighted by Gasteiger charge is 2.36. The number of benzene rings is 1. The standard InChI is InChI=1S/C14H13F3N4O/c1-20(2)8-11(12(22)10-6-4-3-5-7-10)21-9-18-13(19-21)14(15,16)17/h3-9H,1-2H3/b11-8-. The molecule has 0 amide bonds. The Balaban J connectivity index is 2.44. The monoisotopic (exact) mass is 310 g/mol. The summed E-state index contributed by atoms with van der Waals surface area (Å²) >= 11 is 0. The number of halogens is 3. The zero-order valence-corrected chi connectivity index (χ0v) is 11.9. The van der Waals surface area contributed by atoms with Crippen molar-refractivity contribution in [3.8, 4) is 0 Å². The molecule has 0 N–H and O–H groups in total. The first kappa shape index (κ1) is 15.7. The van der Waals surface area contributed by atoms with Crippen molar-refractivity contribution in [2.75, 3.05) is 14.1 Å². The normalized spacial score (nSPS) is 12.3. The molecule has 1 heterocycles. The number of carbonyl (C=O) groups is 1. The van der Waals surface area contributed by atoms with Gasteiger partial charge in [0.2, 0.25) is 5.78 Å². The molecule has 116 valence electrons. The van der Waals surface area contributed by atoms with E-state index in [1.807, 2.05) is 0 Å². The molecular weight excluding hydrogens is 297 g/mol. The fourth-order valence-electron chi connectivity index (χ4n) is 1.71. The third-order valence-electron chi connectivity index (χ3n) is 2.64. The molecule has 1 aromatic carbocycles. The van der Waals surface area contributed by atoms with Crippen molar-refractivity contribution >= 4 is 11.5 Å². The predicted octanol–water partition coefficient (Wildman–Crippen LogP) is 2.54. The minimum Gasteiger partial charge on any atom is -0.382 e. The quantitative estimate of drug-likeness (QED) is 0.643. The van der Waals surface area contributed by atoms with E-state index in [0.29, 0.717) is 5.56 Å². The van der Waals surface area contributed by atoms with E-state index in [2.05, 4.69) is 10.1 Å². The summed E-state index contributed by atoms with van der Waals surface area (Å²) in [7, 11) is 3.31. The second-order valence-corrected chi connectivity index (χ2v) is 4.68. The summed E-state index contributed by atoms with van der Waals surface area (Å²) < 4.78 is 38.6. The molecule has 0 aliphatic heterocycles. The highest BCUT2D eigenvalue weighted by molar-refractivity contribution is 6.24. The molecule has 0 radical (unpaired) electrons. The van der Waals surface area contributed by atoms with Crippen LogP contribution in [0.1, 0.15) is 16.2 Å². The highest BCUT2D eigenvalue weighted by Crippen LogP contribution is 2.26. The number of ketones is 1. The van der Waals surface area contributed by atoms with Crippen LogP contribution in [0, 0.1) is 0 Å². The number of hydrogen-bond donors (Lipinski definition) is 0. The van der Waals surface area contributed by atoms with Crippen LogP contribution < -0.4 is 0 Å². The van der Waals surface area contributed by atoms with Crippen molar-refractivity contribution in [3.05, 3.63) is 54.2 Å². The van der Waals surface area contributed by atoms with Crippen LogP contribution >= 0.6 is 0 Å². The third-order valence-corrected chi connectivity index (χ3v) is 2.64. The van der Waals surface area contributed by atoms with Crippen molar-refractivity contribution < 1.29 is 18.0 Å². The molecule has 0 aliphatic rings. The van der Waals surface area contributed by atoms with Crippen LogP contribution in [0.25, 0.3) is 5.70 Å². The Bertz CT molecular complexity index is 690. The lowest BCUT2D eigenvalue weighted by molar-refractivity contribution is -0.144. The first-order valence-corrected chi connectivity index (χ1v) is 6.26. The number of alkyl halides is 3. The van der Waals surface area contributed by atoms with Crippen LogP contribution in [-0.2, 0) is 6.18 Å². The van der Waals surface area contributed by atoms with E-state index in [4.69, 9.17) is 0 Å². The van der Waals surface area contributed by atoms with E-state index in [1.165, 1.54) is 6.20 Å². The van der Waals surface area contributed by atoms with Gasteiger partial charge in [-0.25, -0.2) is 9.67 Å². The van der Waals surface area contributed by atoms with Gasteiger partial charge in [-0.15, -0.1) is 5.10 Å². The molecule has 0 unspecified atom stereocenters. The van der Waals surface area contributed by atoms with E-state index in [1.54, 1.807) is 49.3 Å². The average molecular weight is 310 g/mol. The first-order valence-electron chi connectivity index (χ1n) is 6.26. The number of aromatic nitrogens is 3. The largest absolute Gasteiger partial charge is 0.453 e. The fraction of sp³-hybridized carbons (Fsp3) is 0.214. The summed E-state index contributed by atoms with van der Waals surface area (Å²) in [5.41, 5.74) is 0.318. The number of carbonyl (C=O) groups excluding carboxylic acids is 1. The Hall–Kier alpha value is -2.64. The molecular formula is C14H13F3N4O. The van der Waals surface area contributed by atoms with Gasteiger partial charge in [-0.2, -0.15) is 13.2 Å². The molecule has 0 aliphatic carbocycles. The van der Waals surface area contributed by atoms with Gasteiger partial charge in [-0.3, -0.25) is 4.79 Å². The molecule has 8 heteroatoms. The van der Waals surface area contributed by atoms with Crippen LogP contribution in [0.15, 0.2) is 42.9 Å². The second-order valence-electron chi connectivity index (χ2n) is 4.68. The summed E-state index contributed by atoms with van der Waals surface area (Å²) in [6.07, 6.45) is -2.40. The molecule has 0 bridgehead atoms. The molecule has 0 fully saturated rings. The molecule has 0 saturated heterocycles. The number of rotatable bonds is 4. The summed E-state index contributed by atoms with van der Waals surface area (Å²) in [5, 5.41) is 3.35. The van der Waals surface area contributed by atoms with Gasteiger partial charge in [0.25, 0.3) is 5.82 Å². The topological polar surface area (TPSA) is 51.0 Å². The lowest BCUT2D eigenvalue weighted by atomic mass is 10.1. The van der Waals surface area contributed by atoms with Crippen LogP contribution in [0.2, 0.25) is 0 Å². The maximum atomic E-state index is 12.6. The molecule has 22 heavy (non-hydrogen) atoms. The molecule has 0 saturated carbocycles. The zero-order valence-electron chi connectivity index (χ0n) is 11.9. The smallest absolute Gasteiger partial charge is 0.382 e. The molecule has 0 atom stereocenters. The fourth-order valence-corrected chi connectivity index (χ4v) is 1.71. The summed E-state index contributed by atoms with van der Waals surface area (Å²) in [6, 6.07) is 8.23. The Morgan fingerprint density at radius 2 is 1.86 bits per heavy atom. The molecule has 5 nitrogen and oxygen atoms in total. The summed E-state index contributed by atoms with van der Waals surface area (Å²) in [6.45, 7) is 0. The van der Waals surface area contributed by atoms with E-state index in [9.17, 15) is 18.0 Å². The Labute approximate surface area is 124 Å². The van der Waals surface area contributed by atoms with Crippen molar-refractivity contribution in [2.24, 2.45) is 0 Å². The Kier molecular flexibility index (Phi) is 4.30. The summed E-state index contributed by atoms with van der Waals surface area (Å²) in [5.74, 6) is -1.74. The summed E-state index contributed by atoms with van der Waals surface area (Å²) in [4.78, 5) is 17.2. The van der Waals surface area contributed by atoms with Gasteiger partial charge >= 0.3 is 6.18 Å². The lowest BCUT2D eigenvalue weighted by Gasteiger charge is -2.11. The Morgan fingerprint density at radius 1 is 1.23 bits per heavy atom. The number of hydrogen-bond acceptors (Lipinski definition) is 4. The molecule has 2 rings (SSSR count). The van der Waals surface area contributed by atoms with E-state index >= 15 is 0 Å². The Morgan fingerprint density at radius 3 is 2.36 bits per heavy atom.